The zero-order valence-corrected chi connectivity index (χ0v) is 20.2. The molecule has 3 aromatic carbocycles. The molecular formula is C28H24N2O6. The number of nitrogens with one attached hydrogen (secondary N) is 1. The van der Waals surface area contributed by atoms with Crippen molar-refractivity contribution >= 4 is 46.4 Å². The average molecular weight is 485 g/mol. The van der Waals surface area contributed by atoms with E-state index in [2.05, 4.69) is 5.32 Å². The average Bonchev–Trinajstić information content (AvgIpc) is 3.12. The monoisotopic (exact) mass is 484 g/mol. The number of imide groups is 1. The molecule has 1 heterocycles. The van der Waals surface area contributed by atoms with E-state index in [1.165, 1.54) is 26.2 Å². The normalized spacial score (nSPS) is 13.8. The number of carboxylic acids is 1. The quantitative estimate of drug-likeness (QED) is 0.400. The molecule has 0 saturated heterocycles. The first-order valence-corrected chi connectivity index (χ1v) is 11.1. The third-order valence-corrected chi connectivity index (χ3v) is 6.03. The van der Waals surface area contributed by atoms with Gasteiger partial charge in [0, 0.05) is 18.2 Å². The Morgan fingerprint density at radius 3 is 2.17 bits per heavy atom. The van der Waals surface area contributed by atoms with E-state index >= 15 is 0 Å². The van der Waals surface area contributed by atoms with Crippen LogP contribution in [-0.4, -0.2) is 36.0 Å². The Hall–Kier alpha value is -4.72. The minimum atomic E-state index is -1.03. The van der Waals surface area contributed by atoms with Gasteiger partial charge >= 0.3 is 11.9 Å². The second kappa shape index (κ2) is 9.50. The predicted octanol–water partition coefficient (Wildman–Crippen LogP) is 4.66. The Kier molecular flexibility index (Phi) is 6.44. The van der Waals surface area contributed by atoms with Crippen molar-refractivity contribution in [3.8, 4) is 0 Å². The van der Waals surface area contributed by atoms with Gasteiger partial charge in [0.15, 0.2) is 0 Å². The molecule has 1 aliphatic heterocycles. The van der Waals surface area contributed by atoms with Crippen molar-refractivity contribution in [2.75, 3.05) is 17.3 Å². The number of nitrogens with zero attached hydrogens (tertiary/aromatic N) is 1. The minimum Gasteiger partial charge on any atom is -0.478 e. The first-order valence-electron chi connectivity index (χ1n) is 11.1. The summed E-state index contributed by atoms with van der Waals surface area (Å²) in [5.74, 6) is -2.64. The van der Waals surface area contributed by atoms with E-state index < -0.39 is 23.8 Å². The van der Waals surface area contributed by atoms with Crippen LogP contribution >= 0.6 is 0 Å². The summed E-state index contributed by atoms with van der Waals surface area (Å²) in [6.07, 6.45) is 0. The summed E-state index contributed by atoms with van der Waals surface area (Å²) in [5.41, 5.74) is 4.30. The molecule has 0 saturated carbocycles. The number of fused-ring (bicyclic) bond motifs is 1. The number of amides is 2. The van der Waals surface area contributed by atoms with Crippen molar-refractivity contribution in [2.24, 2.45) is 0 Å². The Bertz CT molecular complexity index is 1460. The van der Waals surface area contributed by atoms with Crippen molar-refractivity contribution in [3.63, 3.8) is 0 Å². The summed E-state index contributed by atoms with van der Waals surface area (Å²) in [5, 5.41) is 12.7. The number of hydrogen-bond acceptors (Lipinski definition) is 6. The summed E-state index contributed by atoms with van der Waals surface area (Å²) >= 11 is 0. The van der Waals surface area contributed by atoms with Crippen LogP contribution in [0.15, 0.2) is 60.7 Å². The van der Waals surface area contributed by atoms with Gasteiger partial charge in [-0.2, -0.15) is 0 Å². The number of hydrogen-bond donors (Lipinski definition) is 2. The molecule has 3 aromatic rings. The van der Waals surface area contributed by atoms with E-state index in [9.17, 15) is 24.3 Å². The summed E-state index contributed by atoms with van der Waals surface area (Å²) in [6, 6.07) is 17.1. The Morgan fingerprint density at radius 1 is 0.917 bits per heavy atom. The van der Waals surface area contributed by atoms with Gasteiger partial charge in [-0.25, -0.2) is 14.5 Å². The molecule has 0 spiro atoms. The van der Waals surface area contributed by atoms with Gasteiger partial charge in [-0.05, 0) is 60.9 Å². The van der Waals surface area contributed by atoms with E-state index in [1.54, 1.807) is 32.0 Å². The molecule has 0 atom stereocenters. The van der Waals surface area contributed by atoms with Crippen LogP contribution in [-0.2, 0) is 14.3 Å². The number of rotatable bonds is 5. The maximum Gasteiger partial charge on any atom is 0.338 e. The molecule has 0 fully saturated rings. The van der Waals surface area contributed by atoms with E-state index in [0.717, 1.165) is 4.90 Å². The number of aromatic carboxylic acids is 1. The number of methoxy groups -OCH3 is 1. The minimum absolute atomic E-state index is 0.172. The molecule has 8 nitrogen and oxygen atoms in total. The highest BCUT2D eigenvalue weighted by molar-refractivity contribution is 6.44. The molecule has 8 heteroatoms. The number of ether oxygens (including phenoxy) is 1. The molecule has 0 unspecified atom stereocenters. The number of carbonyl (C=O) groups excluding carboxylic acids is 3. The van der Waals surface area contributed by atoms with Crippen molar-refractivity contribution in [3.05, 3.63) is 94.0 Å². The van der Waals surface area contributed by atoms with Gasteiger partial charge in [0.05, 0.1) is 35.2 Å². The molecular weight excluding hydrogens is 460 g/mol. The van der Waals surface area contributed by atoms with Gasteiger partial charge in [-0.1, -0.05) is 30.3 Å². The standard InChI is InChI=1S/C28H24N2O6/c1-15-12-19(10-11-20(15)27(33)34)29-25(18-8-6-5-7-9-18)24-22-13-16(2)21(28(35)36-4)14-23(22)30(17(3)31)26(24)32/h5-14,29H,1-4H3,(H,33,34)/b25-24-. The lowest BCUT2D eigenvalue weighted by Gasteiger charge is -2.16. The Balaban J connectivity index is 1.98. The van der Waals surface area contributed by atoms with Gasteiger partial charge in [-0.15, -0.1) is 0 Å². The van der Waals surface area contributed by atoms with Crippen molar-refractivity contribution in [1.29, 1.82) is 0 Å². The van der Waals surface area contributed by atoms with Crippen molar-refractivity contribution in [1.82, 2.24) is 0 Å². The lowest BCUT2D eigenvalue weighted by molar-refractivity contribution is -0.122. The fourth-order valence-corrected chi connectivity index (χ4v) is 4.31. The zero-order valence-electron chi connectivity index (χ0n) is 20.2. The van der Waals surface area contributed by atoms with Crippen LogP contribution in [0.2, 0.25) is 0 Å². The molecule has 2 amide bonds. The zero-order chi connectivity index (χ0) is 26.1. The van der Waals surface area contributed by atoms with Crippen LogP contribution in [0.25, 0.3) is 11.3 Å². The molecule has 4 rings (SSSR count). The second-order valence-corrected chi connectivity index (χ2v) is 8.41. The van der Waals surface area contributed by atoms with Gasteiger partial charge in [-0.3, -0.25) is 9.59 Å². The third-order valence-electron chi connectivity index (χ3n) is 6.03. The fraction of sp³-hybridized carbons (Fsp3) is 0.143. The lowest BCUT2D eigenvalue weighted by atomic mass is 9.96. The van der Waals surface area contributed by atoms with Crippen LogP contribution < -0.4 is 10.2 Å². The topological polar surface area (TPSA) is 113 Å². The molecule has 36 heavy (non-hydrogen) atoms. The highest BCUT2D eigenvalue weighted by Gasteiger charge is 2.38. The van der Waals surface area contributed by atoms with Gasteiger partial charge < -0.3 is 15.2 Å². The van der Waals surface area contributed by atoms with Crippen molar-refractivity contribution in [2.45, 2.75) is 20.8 Å². The SMILES string of the molecule is COC(=O)c1cc2c(cc1C)/C(=C(/Nc1ccc(C(=O)O)c(C)c1)c1ccccc1)C(=O)N2C(C)=O. The largest absolute Gasteiger partial charge is 0.478 e. The van der Waals surface area contributed by atoms with Crippen LogP contribution in [0.5, 0.6) is 0 Å². The number of aryl methyl sites for hydroxylation is 2. The molecule has 0 radical (unpaired) electrons. The van der Waals surface area contributed by atoms with Gasteiger partial charge in [0.2, 0.25) is 5.91 Å². The fourth-order valence-electron chi connectivity index (χ4n) is 4.31. The van der Waals surface area contributed by atoms with Crippen LogP contribution in [0.4, 0.5) is 11.4 Å². The van der Waals surface area contributed by atoms with E-state index in [1.807, 2.05) is 30.3 Å². The first-order chi connectivity index (χ1) is 17.1. The smallest absolute Gasteiger partial charge is 0.338 e. The molecule has 182 valence electrons. The molecule has 0 bridgehead atoms. The number of anilines is 2. The molecule has 1 aliphatic rings. The van der Waals surface area contributed by atoms with E-state index in [-0.39, 0.29) is 16.7 Å². The third kappa shape index (κ3) is 4.24. The highest BCUT2D eigenvalue weighted by atomic mass is 16.5. The second-order valence-electron chi connectivity index (χ2n) is 8.41. The van der Waals surface area contributed by atoms with Crippen LogP contribution in [0.3, 0.4) is 0 Å². The number of carboxylic acid groups (broad SMARTS) is 1. The van der Waals surface area contributed by atoms with E-state index in [0.29, 0.717) is 39.3 Å². The molecule has 0 aromatic heterocycles. The summed E-state index contributed by atoms with van der Waals surface area (Å²) in [7, 11) is 1.27. The Labute approximate surface area is 207 Å². The van der Waals surface area contributed by atoms with Crippen molar-refractivity contribution < 1.29 is 29.0 Å². The summed E-state index contributed by atoms with van der Waals surface area (Å²) < 4.78 is 4.87. The lowest BCUT2D eigenvalue weighted by Crippen LogP contribution is -2.31. The molecule has 0 aliphatic carbocycles. The van der Waals surface area contributed by atoms with Crippen LogP contribution in [0.1, 0.15) is 49.9 Å². The van der Waals surface area contributed by atoms with Gasteiger partial charge in [0.25, 0.3) is 5.91 Å². The summed E-state index contributed by atoms with van der Waals surface area (Å²) in [4.78, 5) is 51.0. The summed E-state index contributed by atoms with van der Waals surface area (Å²) in [6.45, 7) is 4.70. The number of benzene rings is 3. The maximum atomic E-state index is 13.7. The predicted molar refractivity (Wildman–Crippen MR) is 136 cm³/mol. The van der Waals surface area contributed by atoms with E-state index in [4.69, 9.17) is 4.74 Å². The maximum absolute atomic E-state index is 13.7. The Morgan fingerprint density at radius 2 is 1.58 bits per heavy atom. The van der Waals surface area contributed by atoms with Crippen LogP contribution in [0, 0.1) is 13.8 Å². The number of esters is 1. The van der Waals surface area contributed by atoms with Gasteiger partial charge in [0.1, 0.15) is 0 Å². The number of carbonyl (C=O) groups is 4. The molecule has 2 N–H and O–H groups in total. The highest BCUT2D eigenvalue weighted by Crippen LogP contribution is 2.43. The first kappa shape index (κ1) is 24.4.